The Labute approximate surface area is 372 Å². The number of rotatable bonds is 6. The van der Waals surface area contributed by atoms with E-state index in [4.69, 9.17) is 4.42 Å². The van der Waals surface area contributed by atoms with E-state index in [0.29, 0.717) is 23.7 Å². The molecule has 4 aliphatic carbocycles. The van der Waals surface area contributed by atoms with Crippen molar-refractivity contribution in [3.05, 3.63) is 131 Å². The molecule has 9 aromatic rings. The van der Waals surface area contributed by atoms with Crippen LogP contribution in [0.4, 0.5) is 0 Å². The van der Waals surface area contributed by atoms with Crippen molar-refractivity contribution in [2.75, 3.05) is 0 Å². The van der Waals surface area contributed by atoms with Crippen LogP contribution in [0, 0.1) is 0 Å². The van der Waals surface area contributed by atoms with Crippen molar-refractivity contribution in [1.82, 2.24) is 9.13 Å². The third-order valence-corrected chi connectivity index (χ3v) is 16.9. The molecule has 13 rings (SSSR count). The van der Waals surface area contributed by atoms with Gasteiger partial charge in [-0.05, 0) is 170 Å². The molecule has 0 radical (unpaired) electrons. The van der Waals surface area contributed by atoms with E-state index in [0.717, 1.165) is 16.9 Å². The van der Waals surface area contributed by atoms with Crippen molar-refractivity contribution < 1.29 is 4.42 Å². The fourth-order valence-electron chi connectivity index (χ4n) is 13.5. The van der Waals surface area contributed by atoms with E-state index in [2.05, 4.69) is 118 Å². The second-order valence-corrected chi connectivity index (χ2v) is 20.6. The van der Waals surface area contributed by atoms with Crippen LogP contribution in [0.5, 0.6) is 0 Å². The molecule has 63 heavy (non-hydrogen) atoms. The Morgan fingerprint density at radius 3 is 1.14 bits per heavy atom. The van der Waals surface area contributed by atoms with E-state index in [-0.39, 0.29) is 0 Å². The summed E-state index contributed by atoms with van der Waals surface area (Å²) in [5.41, 5.74) is 15.5. The maximum Gasteiger partial charge on any atom is 0.159 e. The third-order valence-electron chi connectivity index (χ3n) is 16.9. The van der Waals surface area contributed by atoms with Crippen LogP contribution >= 0.6 is 0 Å². The lowest BCUT2D eigenvalue weighted by atomic mass is 9.83. The van der Waals surface area contributed by atoms with Gasteiger partial charge in [-0.2, -0.15) is 0 Å². The summed E-state index contributed by atoms with van der Waals surface area (Å²) in [6.07, 6.45) is 26.9. The maximum absolute atomic E-state index is 7.03. The van der Waals surface area contributed by atoms with Gasteiger partial charge in [-0.3, -0.25) is 0 Å². The zero-order chi connectivity index (χ0) is 41.4. The van der Waals surface area contributed by atoms with Crippen LogP contribution < -0.4 is 0 Å². The summed E-state index contributed by atoms with van der Waals surface area (Å²) in [7, 11) is 0. The number of hydrogen-bond acceptors (Lipinski definition) is 1. The first-order valence-corrected chi connectivity index (χ1v) is 25.4. The molecule has 0 saturated heterocycles. The van der Waals surface area contributed by atoms with Gasteiger partial charge in [0.15, 0.2) is 5.58 Å². The van der Waals surface area contributed by atoms with Crippen LogP contribution in [-0.2, 0) is 0 Å². The standard InChI is InChI=1S/C60H62N2O/c1-5-14-39(15-6-1)43-24-29-54-49(34-43)50-35-44(40-16-7-2-8-17-40)25-30-55(50)61(54)47-28-33-59-53(38-47)48-22-13-23-58(60(48)63-59)62-56-31-26-45(41-18-9-3-10-19-41)36-51(56)52-37-46(27-32-57(52)62)42-20-11-4-12-21-42/h13,22-42H,1-12,14-21H2. The van der Waals surface area contributed by atoms with Gasteiger partial charge in [-0.1, -0.05) is 113 Å². The minimum atomic E-state index is 0.670. The summed E-state index contributed by atoms with van der Waals surface area (Å²) in [5, 5.41) is 7.97. The molecule has 0 atom stereocenters. The molecule has 0 amide bonds. The first kappa shape index (κ1) is 38.2. The molecule has 3 aromatic heterocycles. The second-order valence-electron chi connectivity index (χ2n) is 20.6. The molecule has 4 fully saturated rings. The van der Waals surface area contributed by atoms with Gasteiger partial charge in [0.05, 0.1) is 27.8 Å². The lowest BCUT2D eigenvalue weighted by Gasteiger charge is -2.22. The molecule has 3 nitrogen and oxygen atoms in total. The summed E-state index contributed by atoms with van der Waals surface area (Å²) in [6.45, 7) is 0. The lowest BCUT2D eigenvalue weighted by Crippen LogP contribution is -2.04. The van der Waals surface area contributed by atoms with Crippen molar-refractivity contribution >= 4 is 65.6 Å². The Bertz CT molecular complexity index is 3010. The van der Waals surface area contributed by atoms with Crippen LogP contribution in [0.3, 0.4) is 0 Å². The van der Waals surface area contributed by atoms with E-state index in [1.54, 1.807) is 0 Å². The lowest BCUT2D eigenvalue weighted by molar-refractivity contribution is 0.444. The predicted molar refractivity (Wildman–Crippen MR) is 266 cm³/mol. The molecule has 0 aliphatic heterocycles. The van der Waals surface area contributed by atoms with E-state index >= 15 is 0 Å². The fraction of sp³-hybridized carbons (Fsp3) is 0.400. The quantitative estimate of drug-likeness (QED) is 0.164. The van der Waals surface area contributed by atoms with Gasteiger partial charge in [-0.25, -0.2) is 0 Å². The average Bonchev–Trinajstić information content (AvgIpc) is 4.01. The van der Waals surface area contributed by atoms with Gasteiger partial charge < -0.3 is 13.6 Å². The fourth-order valence-corrected chi connectivity index (χ4v) is 13.5. The Morgan fingerprint density at radius 1 is 0.333 bits per heavy atom. The first-order valence-electron chi connectivity index (χ1n) is 25.4. The largest absolute Gasteiger partial charge is 0.454 e. The van der Waals surface area contributed by atoms with Crippen LogP contribution in [0.15, 0.2) is 114 Å². The van der Waals surface area contributed by atoms with Crippen molar-refractivity contribution in [3.8, 4) is 11.4 Å². The Morgan fingerprint density at radius 2 is 0.730 bits per heavy atom. The van der Waals surface area contributed by atoms with E-state index in [1.165, 1.54) is 211 Å². The van der Waals surface area contributed by atoms with Gasteiger partial charge >= 0.3 is 0 Å². The molecule has 4 aliphatic rings. The summed E-state index contributed by atoms with van der Waals surface area (Å²) in [5.74, 6) is 2.70. The minimum absolute atomic E-state index is 0.670. The van der Waals surface area contributed by atoms with Gasteiger partial charge in [0.2, 0.25) is 0 Å². The smallest absolute Gasteiger partial charge is 0.159 e. The van der Waals surface area contributed by atoms with E-state index < -0.39 is 0 Å². The van der Waals surface area contributed by atoms with Crippen molar-refractivity contribution in [2.24, 2.45) is 0 Å². The van der Waals surface area contributed by atoms with Gasteiger partial charge in [0.25, 0.3) is 0 Å². The maximum atomic E-state index is 7.03. The number of fused-ring (bicyclic) bond motifs is 9. The first-order chi connectivity index (χ1) is 31.2. The molecule has 4 saturated carbocycles. The number of benzene rings is 6. The molecule has 0 unspecified atom stereocenters. The third kappa shape index (κ3) is 6.49. The van der Waals surface area contributed by atoms with E-state index in [1.807, 2.05) is 0 Å². The van der Waals surface area contributed by atoms with Gasteiger partial charge in [0, 0.05) is 38.0 Å². The second kappa shape index (κ2) is 15.8. The van der Waals surface area contributed by atoms with Gasteiger partial charge in [-0.15, -0.1) is 0 Å². The normalized spacial score (nSPS) is 19.2. The Hall–Kier alpha value is -5.28. The highest BCUT2D eigenvalue weighted by Crippen LogP contribution is 2.45. The highest BCUT2D eigenvalue weighted by atomic mass is 16.3. The number of para-hydroxylation sites is 1. The number of furan rings is 1. The number of aromatic nitrogens is 2. The zero-order valence-electron chi connectivity index (χ0n) is 37.1. The highest BCUT2D eigenvalue weighted by molar-refractivity contribution is 6.14. The summed E-state index contributed by atoms with van der Waals surface area (Å²) in [4.78, 5) is 0. The molecule has 6 aromatic carbocycles. The van der Waals surface area contributed by atoms with Crippen molar-refractivity contribution in [3.63, 3.8) is 0 Å². The monoisotopic (exact) mass is 826 g/mol. The van der Waals surface area contributed by atoms with E-state index in [9.17, 15) is 0 Å². The number of nitrogens with zero attached hydrogens (tertiary/aromatic N) is 2. The summed E-state index contributed by atoms with van der Waals surface area (Å²) < 4.78 is 12.1. The highest BCUT2D eigenvalue weighted by Gasteiger charge is 2.25. The molecular weight excluding hydrogens is 765 g/mol. The van der Waals surface area contributed by atoms with Crippen LogP contribution in [0.25, 0.3) is 76.9 Å². The molecule has 318 valence electrons. The van der Waals surface area contributed by atoms with Crippen LogP contribution in [0.2, 0.25) is 0 Å². The Balaban J connectivity index is 0.970. The molecule has 3 heterocycles. The Kier molecular flexibility index (Phi) is 9.55. The zero-order valence-corrected chi connectivity index (χ0v) is 37.1. The molecule has 0 spiro atoms. The van der Waals surface area contributed by atoms with Crippen LogP contribution in [0.1, 0.15) is 174 Å². The van der Waals surface area contributed by atoms with Crippen molar-refractivity contribution in [2.45, 2.75) is 152 Å². The van der Waals surface area contributed by atoms with Crippen LogP contribution in [-0.4, -0.2) is 9.13 Å². The molecular formula is C60H62N2O. The van der Waals surface area contributed by atoms with Gasteiger partial charge in [0.1, 0.15) is 5.58 Å². The summed E-state index contributed by atoms with van der Waals surface area (Å²) in [6, 6.07) is 43.6. The predicted octanol–water partition coefficient (Wildman–Crippen LogP) is 18.0. The minimum Gasteiger partial charge on any atom is -0.454 e. The number of hydrogen-bond donors (Lipinski definition) is 0. The van der Waals surface area contributed by atoms with Crippen molar-refractivity contribution in [1.29, 1.82) is 0 Å². The molecule has 0 N–H and O–H groups in total. The topological polar surface area (TPSA) is 23.0 Å². The molecule has 0 bridgehead atoms. The molecule has 3 heteroatoms. The summed E-state index contributed by atoms with van der Waals surface area (Å²) >= 11 is 0. The SMILES string of the molecule is c1cc(-n2c3ccc(C4CCCCC4)cc3c3cc(C4CCCCC4)ccc32)c2oc3ccc(-n4c5ccc(C6CCCCC6)cc5c5cc(C6CCCCC6)ccc54)cc3c2c1. The average molecular weight is 827 g/mol.